The van der Waals surface area contributed by atoms with E-state index in [4.69, 9.17) is 4.52 Å². The van der Waals surface area contributed by atoms with E-state index in [1.54, 1.807) is 0 Å². The highest BCUT2D eigenvalue weighted by atomic mass is 16.5. The second-order valence-electron chi connectivity index (χ2n) is 7.67. The summed E-state index contributed by atoms with van der Waals surface area (Å²) in [6.45, 7) is 8.12. The topological polar surface area (TPSA) is 49.6 Å². The van der Waals surface area contributed by atoms with Crippen LogP contribution >= 0.6 is 0 Å². The van der Waals surface area contributed by atoms with Gasteiger partial charge in [0.15, 0.2) is 0 Å². The molecule has 0 unspecified atom stereocenters. The number of hydrogen-bond donors (Lipinski definition) is 0. The molecule has 1 aliphatic heterocycles. The van der Waals surface area contributed by atoms with Gasteiger partial charge >= 0.3 is 0 Å². The molecule has 0 saturated carbocycles. The van der Waals surface area contributed by atoms with Gasteiger partial charge in [-0.15, -0.1) is 0 Å². The van der Waals surface area contributed by atoms with E-state index >= 15 is 0 Å². The molecular formula is C24H27N3O2. The van der Waals surface area contributed by atoms with Gasteiger partial charge in [-0.2, -0.15) is 0 Å². The zero-order valence-electron chi connectivity index (χ0n) is 17.1. The Morgan fingerprint density at radius 1 is 0.966 bits per heavy atom. The number of aromatic nitrogens is 1. The number of amides is 1. The summed E-state index contributed by atoms with van der Waals surface area (Å²) in [6.07, 6.45) is 0.966. The summed E-state index contributed by atoms with van der Waals surface area (Å²) in [5.74, 6) is 0.999. The van der Waals surface area contributed by atoms with Crippen LogP contribution in [0.2, 0.25) is 0 Å². The Morgan fingerprint density at radius 2 is 1.76 bits per heavy atom. The molecule has 0 N–H and O–H groups in total. The number of hydrogen-bond acceptors (Lipinski definition) is 4. The molecule has 1 amide bonds. The first-order valence-electron chi connectivity index (χ1n) is 10.2. The molecule has 150 valence electrons. The highest BCUT2D eigenvalue weighted by Crippen LogP contribution is 2.22. The van der Waals surface area contributed by atoms with Crippen LogP contribution in [0, 0.1) is 13.8 Å². The third-order valence-electron chi connectivity index (χ3n) is 5.66. The quantitative estimate of drug-likeness (QED) is 0.667. The molecule has 0 bridgehead atoms. The van der Waals surface area contributed by atoms with Gasteiger partial charge in [0.1, 0.15) is 5.76 Å². The molecule has 4 rings (SSSR count). The van der Waals surface area contributed by atoms with Gasteiger partial charge < -0.3 is 9.42 Å². The van der Waals surface area contributed by atoms with Crippen molar-refractivity contribution in [3.8, 4) is 11.1 Å². The lowest BCUT2D eigenvalue weighted by molar-refractivity contribution is 0.0761. The summed E-state index contributed by atoms with van der Waals surface area (Å²) in [5.41, 5.74) is 5.08. The minimum atomic E-state index is 0.113. The van der Waals surface area contributed by atoms with Gasteiger partial charge in [-0.3, -0.25) is 9.69 Å². The molecule has 2 aromatic carbocycles. The van der Waals surface area contributed by atoms with Crippen molar-refractivity contribution in [3.63, 3.8) is 0 Å². The molecule has 29 heavy (non-hydrogen) atoms. The second-order valence-corrected chi connectivity index (χ2v) is 7.67. The summed E-state index contributed by atoms with van der Waals surface area (Å²) in [6, 6.07) is 18.1. The lowest BCUT2D eigenvalue weighted by Crippen LogP contribution is -2.35. The summed E-state index contributed by atoms with van der Waals surface area (Å²) in [5, 5.41) is 4.05. The van der Waals surface area contributed by atoms with Crippen LogP contribution in [0.5, 0.6) is 0 Å². The number of nitrogens with zero attached hydrogens (tertiary/aromatic N) is 3. The fourth-order valence-corrected chi connectivity index (χ4v) is 3.93. The minimum Gasteiger partial charge on any atom is -0.361 e. The Labute approximate surface area is 171 Å². The van der Waals surface area contributed by atoms with Crippen molar-refractivity contribution in [1.82, 2.24) is 15.0 Å². The van der Waals surface area contributed by atoms with Gasteiger partial charge in [-0.1, -0.05) is 47.6 Å². The van der Waals surface area contributed by atoms with Gasteiger partial charge in [0.2, 0.25) is 0 Å². The Kier molecular flexibility index (Phi) is 5.76. The predicted molar refractivity (Wildman–Crippen MR) is 114 cm³/mol. The van der Waals surface area contributed by atoms with Crippen LogP contribution in [0.15, 0.2) is 59.1 Å². The zero-order chi connectivity index (χ0) is 20.2. The summed E-state index contributed by atoms with van der Waals surface area (Å²) in [7, 11) is 0. The van der Waals surface area contributed by atoms with E-state index in [0.717, 1.165) is 67.3 Å². The molecule has 0 spiro atoms. The van der Waals surface area contributed by atoms with E-state index in [1.165, 1.54) is 5.56 Å². The van der Waals surface area contributed by atoms with Crippen LogP contribution in [0.3, 0.4) is 0 Å². The van der Waals surface area contributed by atoms with Crippen molar-refractivity contribution in [2.24, 2.45) is 0 Å². The molecule has 1 aliphatic rings. The number of carbonyl (C=O) groups is 1. The Morgan fingerprint density at radius 3 is 2.52 bits per heavy atom. The number of rotatable bonds is 4. The van der Waals surface area contributed by atoms with E-state index in [9.17, 15) is 4.79 Å². The van der Waals surface area contributed by atoms with Gasteiger partial charge in [-0.05, 0) is 43.5 Å². The lowest BCUT2D eigenvalue weighted by Gasteiger charge is -2.22. The molecule has 1 saturated heterocycles. The molecule has 5 nitrogen and oxygen atoms in total. The normalized spacial score (nSPS) is 15.3. The van der Waals surface area contributed by atoms with Gasteiger partial charge in [0.05, 0.1) is 5.69 Å². The van der Waals surface area contributed by atoms with Gasteiger partial charge in [0, 0.05) is 43.9 Å². The Bertz CT molecular complexity index is 961. The van der Waals surface area contributed by atoms with Crippen molar-refractivity contribution >= 4 is 5.91 Å². The van der Waals surface area contributed by atoms with Crippen LogP contribution in [0.25, 0.3) is 11.1 Å². The Hall–Kier alpha value is -2.92. The van der Waals surface area contributed by atoms with Crippen LogP contribution in [0.4, 0.5) is 0 Å². The SMILES string of the molecule is Cc1noc(C)c1CN1CCCN(C(=O)c2cccc(-c3ccccc3)c2)CC1. The molecule has 0 atom stereocenters. The van der Waals surface area contributed by atoms with E-state index < -0.39 is 0 Å². The van der Waals surface area contributed by atoms with Crippen molar-refractivity contribution in [2.75, 3.05) is 26.2 Å². The third kappa shape index (κ3) is 4.40. The van der Waals surface area contributed by atoms with Crippen molar-refractivity contribution in [1.29, 1.82) is 0 Å². The van der Waals surface area contributed by atoms with Crippen molar-refractivity contribution < 1.29 is 9.32 Å². The molecule has 1 aromatic heterocycles. The van der Waals surface area contributed by atoms with Crippen molar-refractivity contribution in [3.05, 3.63) is 77.2 Å². The molecule has 1 fully saturated rings. The zero-order valence-corrected chi connectivity index (χ0v) is 17.1. The fourth-order valence-electron chi connectivity index (χ4n) is 3.93. The molecule has 0 radical (unpaired) electrons. The van der Waals surface area contributed by atoms with Crippen LogP contribution in [-0.2, 0) is 6.54 Å². The monoisotopic (exact) mass is 389 g/mol. The van der Waals surface area contributed by atoms with Crippen molar-refractivity contribution in [2.45, 2.75) is 26.8 Å². The van der Waals surface area contributed by atoms with E-state index in [1.807, 2.05) is 55.1 Å². The maximum absolute atomic E-state index is 13.2. The smallest absolute Gasteiger partial charge is 0.253 e. The standard InChI is InChI=1S/C24H27N3O2/c1-18-23(19(2)29-25-18)17-26-12-7-13-27(15-14-26)24(28)22-11-6-10-21(16-22)20-8-4-3-5-9-20/h3-6,8-11,16H,7,12-15,17H2,1-2H3. The largest absolute Gasteiger partial charge is 0.361 e. The van der Waals surface area contributed by atoms with Crippen LogP contribution in [-0.4, -0.2) is 47.0 Å². The second kappa shape index (κ2) is 8.62. The average molecular weight is 389 g/mol. The highest BCUT2D eigenvalue weighted by Gasteiger charge is 2.22. The summed E-state index contributed by atoms with van der Waals surface area (Å²) >= 11 is 0. The first-order chi connectivity index (χ1) is 14.1. The maximum atomic E-state index is 13.2. The molecule has 0 aliphatic carbocycles. The molecule has 3 aromatic rings. The average Bonchev–Trinajstić information content (AvgIpc) is 2.95. The molecular weight excluding hydrogens is 362 g/mol. The van der Waals surface area contributed by atoms with Gasteiger partial charge in [-0.25, -0.2) is 0 Å². The third-order valence-corrected chi connectivity index (χ3v) is 5.66. The van der Waals surface area contributed by atoms with Crippen LogP contribution in [0.1, 0.15) is 33.8 Å². The lowest BCUT2D eigenvalue weighted by atomic mass is 10.0. The minimum absolute atomic E-state index is 0.113. The van der Waals surface area contributed by atoms with E-state index in [-0.39, 0.29) is 5.91 Å². The summed E-state index contributed by atoms with van der Waals surface area (Å²) < 4.78 is 5.29. The summed E-state index contributed by atoms with van der Waals surface area (Å²) in [4.78, 5) is 17.5. The van der Waals surface area contributed by atoms with Gasteiger partial charge in [0.25, 0.3) is 5.91 Å². The number of carbonyl (C=O) groups excluding carboxylic acids is 1. The first kappa shape index (κ1) is 19.4. The number of benzene rings is 2. The highest BCUT2D eigenvalue weighted by molar-refractivity contribution is 5.95. The molecule has 5 heteroatoms. The fraction of sp³-hybridized carbons (Fsp3) is 0.333. The first-order valence-corrected chi connectivity index (χ1v) is 10.2. The maximum Gasteiger partial charge on any atom is 0.253 e. The molecule has 2 heterocycles. The van der Waals surface area contributed by atoms with Crippen LogP contribution < -0.4 is 0 Å². The predicted octanol–water partition coefficient (Wildman–Crippen LogP) is 4.31. The number of aryl methyl sites for hydroxylation is 2. The Balaban J connectivity index is 1.44. The van der Waals surface area contributed by atoms with E-state index in [0.29, 0.717) is 0 Å². The van der Waals surface area contributed by atoms with E-state index in [2.05, 4.69) is 28.3 Å².